The number of hydrogen-bond donors (Lipinski definition) is 1. The normalized spacial score (nSPS) is 19.1. The van der Waals surface area contributed by atoms with E-state index in [0.29, 0.717) is 24.5 Å². The molecular weight excluding hydrogens is 351 g/mol. The zero-order chi connectivity index (χ0) is 15.7. The Labute approximate surface area is 153 Å². The highest BCUT2D eigenvalue weighted by atomic mass is 35.5. The second-order valence-corrected chi connectivity index (χ2v) is 6.43. The Kier molecular flexibility index (Phi) is 6.77. The van der Waals surface area contributed by atoms with E-state index >= 15 is 0 Å². The van der Waals surface area contributed by atoms with Crippen LogP contribution >= 0.6 is 24.8 Å². The minimum atomic E-state index is -0.112. The summed E-state index contributed by atoms with van der Waals surface area (Å²) in [7, 11) is 0. The Bertz CT molecular complexity index is 676. The Morgan fingerprint density at radius 1 is 1.42 bits per heavy atom. The van der Waals surface area contributed by atoms with Gasteiger partial charge in [0.2, 0.25) is 0 Å². The van der Waals surface area contributed by atoms with Crippen LogP contribution in [0.15, 0.2) is 35.1 Å². The van der Waals surface area contributed by atoms with Crippen molar-refractivity contribution >= 4 is 30.7 Å². The number of hydrogen-bond acceptors (Lipinski definition) is 5. The fourth-order valence-electron chi connectivity index (χ4n) is 2.73. The molecule has 3 heterocycles. The summed E-state index contributed by atoms with van der Waals surface area (Å²) in [6.07, 6.45) is 4.16. The number of piperidine rings is 1. The molecule has 2 aromatic heterocycles. The summed E-state index contributed by atoms with van der Waals surface area (Å²) < 4.78 is 5.27. The molecule has 1 amide bonds. The number of likely N-dealkylation sites (tertiary alicyclic amines) is 1. The molecule has 2 N–H and O–H groups in total. The zero-order valence-corrected chi connectivity index (χ0v) is 15.3. The van der Waals surface area contributed by atoms with Gasteiger partial charge < -0.3 is 15.2 Å². The first-order valence-electron chi connectivity index (χ1n) is 7.39. The Morgan fingerprint density at radius 2 is 2.17 bits per heavy atom. The molecule has 2 aromatic rings. The minimum Gasteiger partial charge on any atom is -0.355 e. The van der Waals surface area contributed by atoms with Crippen LogP contribution < -0.4 is 5.73 Å². The van der Waals surface area contributed by atoms with Crippen molar-refractivity contribution in [3.05, 3.63) is 36.3 Å². The fourth-order valence-corrected chi connectivity index (χ4v) is 2.73. The molecule has 8 heteroatoms. The van der Waals surface area contributed by atoms with E-state index in [0.717, 1.165) is 12.0 Å². The third-order valence-electron chi connectivity index (χ3n) is 4.27. The van der Waals surface area contributed by atoms with Crippen molar-refractivity contribution in [2.24, 2.45) is 11.1 Å². The number of aromatic nitrogens is 2. The maximum absolute atomic E-state index is 12.6. The summed E-state index contributed by atoms with van der Waals surface area (Å²) in [6.45, 7) is 5.45. The van der Waals surface area contributed by atoms with Crippen LogP contribution in [0.1, 0.15) is 30.8 Å². The van der Waals surface area contributed by atoms with Gasteiger partial charge in [0.05, 0.1) is 0 Å². The topological polar surface area (TPSA) is 85.2 Å². The molecule has 1 aliphatic heterocycles. The smallest absolute Gasteiger partial charge is 0.276 e. The number of carbonyl (C=O) groups is 1. The molecule has 1 saturated heterocycles. The Hall–Kier alpha value is -1.63. The molecule has 132 valence electrons. The number of carbonyl (C=O) groups excluding carboxylic acids is 1. The molecule has 3 rings (SSSR count). The van der Waals surface area contributed by atoms with Crippen LogP contribution in [0.25, 0.3) is 11.3 Å². The van der Waals surface area contributed by atoms with Crippen LogP contribution in [0.3, 0.4) is 0 Å². The minimum absolute atomic E-state index is 0. The van der Waals surface area contributed by atoms with E-state index in [-0.39, 0.29) is 42.2 Å². The van der Waals surface area contributed by atoms with Gasteiger partial charge in [-0.3, -0.25) is 9.78 Å². The molecule has 0 spiro atoms. The van der Waals surface area contributed by atoms with Gasteiger partial charge in [-0.15, -0.1) is 24.8 Å². The maximum Gasteiger partial charge on any atom is 0.276 e. The molecular formula is C16H22Cl2N4O2. The van der Waals surface area contributed by atoms with E-state index in [4.69, 9.17) is 10.3 Å². The predicted molar refractivity (Wildman–Crippen MR) is 96.5 cm³/mol. The third-order valence-corrected chi connectivity index (χ3v) is 4.27. The van der Waals surface area contributed by atoms with E-state index in [1.807, 2.05) is 12.1 Å². The van der Waals surface area contributed by atoms with Crippen LogP contribution in [0.5, 0.6) is 0 Å². The van der Waals surface area contributed by atoms with Crippen molar-refractivity contribution in [2.45, 2.75) is 26.3 Å². The standard InChI is InChI=1S/C16H20N4O2.2ClH/c1-16(2)10-20(7-5-14(16)17)15(21)12-8-13(22-19-12)11-4-3-6-18-9-11;;/h3-4,6,8-9,14H,5,7,10,17H2,1-2H3;2*1H. The fraction of sp³-hybridized carbons (Fsp3) is 0.438. The van der Waals surface area contributed by atoms with Crippen molar-refractivity contribution in [3.8, 4) is 11.3 Å². The first-order valence-corrected chi connectivity index (χ1v) is 7.39. The number of nitrogens with two attached hydrogens (primary N) is 1. The quantitative estimate of drug-likeness (QED) is 0.875. The summed E-state index contributed by atoms with van der Waals surface area (Å²) in [4.78, 5) is 18.4. The van der Waals surface area contributed by atoms with Crippen molar-refractivity contribution in [2.75, 3.05) is 13.1 Å². The Balaban J connectivity index is 0.00000144. The second-order valence-electron chi connectivity index (χ2n) is 6.43. The monoisotopic (exact) mass is 372 g/mol. The van der Waals surface area contributed by atoms with Crippen LogP contribution in [0.4, 0.5) is 0 Å². The van der Waals surface area contributed by atoms with Gasteiger partial charge in [0, 0.05) is 43.2 Å². The molecule has 0 aromatic carbocycles. The number of amides is 1. The van der Waals surface area contributed by atoms with Gasteiger partial charge in [0.1, 0.15) is 0 Å². The molecule has 6 nitrogen and oxygen atoms in total. The lowest BCUT2D eigenvalue weighted by atomic mass is 9.79. The molecule has 0 bridgehead atoms. The highest BCUT2D eigenvalue weighted by molar-refractivity contribution is 5.93. The number of halogens is 2. The van der Waals surface area contributed by atoms with E-state index in [1.165, 1.54) is 0 Å². The molecule has 0 aliphatic carbocycles. The average molecular weight is 373 g/mol. The van der Waals surface area contributed by atoms with Gasteiger partial charge in [-0.1, -0.05) is 19.0 Å². The van der Waals surface area contributed by atoms with E-state index < -0.39 is 0 Å². The first kappa shape index (κ1) is 20.4. The molecule has 1 unspecified atom stereocenters. The molecule has 0 saturated carbocycles. The zero-order valence-electron chi connectivity index (χ0n) is 13.6. The lowest BCUT2D eigenvalue weighted by Gasteiger charge is -2.42. The highest BCUT2D eigenvalue weighted by Crippen LogP contribution is 2.29. The average Bonchev–Trinajstić information content (AvgIpc) is 3.00. The van der Waals surface area contributed by atoms with Crippen LogP contribution in [0.2, 0.25) is 0 Å². The summed E-state index contributed by atoms with van der Waals surface area (Å²) in [5.74, 6) is 0.434. The summed E-state index contributed by atoms with van der Waals surface area (Å²) in [5, 5.41) is 3.91. The molecule has 0 radical (unpaired) electrons. The molecule has 24 heavy (non-hydrogen) atoms. The van der Waals surface area contributed by atoms with E-state index in [2.05, 4.69) is 24.0 Å². The molecule has 1 atom stereocenters. The molecule has 1 aliphatic rings. The van der Waals surface area contributed by atoms with Gasteiger partial charge in [0.15, 0.2) is 11.5 Å². The van der Waals surface area contributed by atoms with E-state index in [9.17, 15) is 4.79 Å². The van der Waals surface area contributed by atoms with Gasteiger partial charge >= 0.3 is 0 Å². The summed E-state index contributed by atoms with van der Waals surface area (Å²) in [5.41, 5.74) is 7.15. The lowest BCUT2D eigenvalue weighted by Crippen LogP contribution is -2.54. The second kappa shape index (κ2) is 7.96. The predicted octanol–water partition coefficient (Wildman–Crippen LogP) is 2.78. The third kappa shape index (κ3) is 4.06. The first-order chi connectivity index (χ1) is 10.5. The van der Waals surface area contributed by atoms with Gasteiger partial charge in [-0.2, -0.15) is 0 Å². The number of rotatable bonds is 2. The van der Waals surface area contributed by atoms with Crippen molar-refractivity contribution in [1.29, 1.82) is 0 Å². The van der Waals surface area contributed by atoms with Crippen molar-refractivity contribution in [3.63, 3.8) is 0 Å². The number of nitrogens with zero attached hydrogens (tertiary/aromatic N) is 3. The highest BCUT2D eigenvalue weighted by Gasteiger charge is 2.36. The molecule has 1 fully saturated rings. The summed E-state index contributed by atoms with van der Waals surface area (Å²) in [6, 6.07) is 5.46. The van der Waals surface area contributed by atoms with Gasteiger partial charge in [0.25, 0.3) is 5.91 Å². The van der Waals surface area contributed by atoms with Crippen molar-refractivity contribution in [1.82, 2.24) is 15.0 Å². The summed E-state index contributed by atoms with van der Waals surface area (Å²) >= 11 is 0. The van der Waals surface area contributed by atoms with Gasteiger partial charge in [-0.05, 0) is 24.0 Å². The largest absolute Gasteiger partial charge is 0.355 e. The number of pyridine rings is 1. The van der Waals surface area contributed by atoms with Crippen LogP contribution in [0, 0.1) is 5.41 Å². The van der Waals surface area contributed by atoms with E-state index in [1.54, 1.807) is 23.4 Å². The van der Waals surface area contributed by atoms with Crippen LogP contribution in [-0.2, 0) is 0 Å². The van der Waals surface area contributed by atoms with Crippen molar-refractivity contribution < 1.29 is 9.32 Å². The SMILES string of the molecule is CC1(C)CN(C(=O)c2cc(-c3cccnc3)on2)CCC1N.Cl.Cl. The Morgan fingerprint density at radius 3 is 2.79 bits per heavy atom. The van der Waals surface area contributed by atoms with Crippen LogP contribution in [-0.4, -0.2) is 40.1 Å². The van der Waals surface area contributed by atoms with Gasteiger partial charge in [-0.25, -0.2) is 0 Å². The lowest BCUT2D eigenvalue weighted by molar-refractivity contribution is 0.0523. The maximum atomic E-state index is 12.6.